The van der Waals surface area contributed by atoms with Crippen LogP contribution >= 0.6 is 11.6 Å². The molecule has 0 fully saturated rings. The molecule has 0 aliphatic heterocycles. The van der Waals surface area contributed by atoms with E-state index in [0.717, 1.165) is 16.1 Å². The first-order valence-corrected chi connectivity index (χ1v) is 14.5. The Morgan fingerprint density at radius 2 is 1.49 bits per heavy atom. The minimum atomic E-state index is -4.08. The predicted molar refractivity (Wildman–Crippen MR) is 138 cm³/mol. The van der Waals surface area contributed by atoms with Gasteiger partial charge in [-0.3, -0.25) is 9.10 Å². The molecule has 1 atom stereocenters. The molecule has 0 spiro atoms. The lowest BCUT2D eigenvalue weighted by Crippen LogP contribution is -2.42. The highest BCUT2D eigenvalue weighted by Crippen LogP contribution is 2.31. The average molecular weight is 535 g/mol. The molecule has 3 aromatic carbocycles. The standard InChI is InChI=1S/C25H27ClN2O5S2/c1-17-8-12-22(13-9-17)35(32,33)28(24-7-5-6-23(26)18(24)2)16-25(29)27-19(3)20-10-14-21(15-11-20)34(4,30)31/h5-15,19H,16H2,1-4H3,(H,27,29). The van der Waals surface area contributed by atoms with Gasteiger partial charge in [-0.25, -0.2) is 16.8 Å². The minimum absolute atomic E-state index is 0.0553. The molecule has 3 aromatic rings. The molecule has 10 heteroatoms. The van der Waals surface area contributed by atoms with E-state index in [9.17, 15) is 21.6 Å². The van der Waals surface area contributed by atoms with E-state index in [4.69, 9.17) is 11.6 Å². The highest BCUT2D eigenvalue weighted by atomic mass is 35.5. The molecule has 0 bridgehead atoms. The summed E-state index contributed by atoms with van der Waals surface area (Å²) in [7, 11) is -7.42. The molecular weight excluding hydrogens is 508 g/mol. The summed E-state index contributed by atoms with van der Waals surface area (Å²) in [5, 5.41) is 3.17. The molecule has 3 rings (SSSR count). The number of carbonyl (C=O) groups excluding carboxylic acids is 1. The van der Waals surface area contributed by atoms with Gasteiger partial charge in [0.25, 0.3) is 10.0 Å². The van der Waals surface area contributed by atoms with E-state index in [-0.39, 0.29) is 9.79 Å². The van der Waals surface area contributed by atoms with E-state index in [1.54, 1.807) is 56.3 Å². The molecule has 1 unspecified atom stereocenters. The smallest absolute Gasteiger partial charge is 0.264 e. The molecule has 0 aromatic heterocycles. The molecule has 1 N–H and O–H groups in total. The van der Waals surface area contributed by atoms with Gasteiger partial charge in [-0.15, -0.1) is 0 Å². The third kappa shape index (κ3) is 6.22. The minimum Gasteiger partial charge on any atom is -0.348 e. The number of aryl methyl sites for hydroxylation is 1. The Labute approximate surface area is 211 Å². The van der Waals surface area contributed by atoms with Gasteiger partial charge in [0.2, 0.25) is 5.91 Å². The van der Waals surface area contributed by atoms with Crippen LogP contribution in [0.25, 0.3) is 0 Å². The number of sulfone groups is 1. The van der Waals surface area contributed by atoms with Crippen LogP contribution in [0.1, 0.15) is 29.7 Å². The summed E-state index contributed by atoms with van der Waals surface area (Å²) < 4.78 is 51.6. The largest absolute Gasteiger partial charge is 0.348 e. The number of sulfonamides is 1. The van der Waals surface area contributed by atoms with Crippen LogP contribution in [0.5, 0.6) is 0 Å². The Hall–Kier alpha value is -2.88. The Morgan fingerprint density at radius 3 is 2.06 bits per heavy atom. The van der Waals surface area contributed by atoms with Crippen LogP contribution < -0.4 is 9.62 Å². The summed E-state index contributed by atoms with van der Waals surface area (Å²) in [6.07, 6.45) is 1.12. The number of carbonyl (C=O) groups is 1. The van der Waals surface area contributed by atoms with E-state index in [0.29, 0.717) is 21.8 Å². The molecule has 0 aliphatic rings. The fourth-order valence-corrected chi connectivity index (χ4v) is 5.79. The van der Waals surface area contributed by atoms with Crippen LogP contribution in [-0.2, 0) is 24.7 Å². The SMILES string of the molecule is Cc1ccc(S(=O)(=O)N(CC(=O)NC(C)c2ccc(S(C)(=O)=O)cc2)c2cccc(Cl)c2C)cc1. The summed E-state index contributed by atoms with van der Waals surface area (Å²) in [5.41, 5.74) is 2.42. The van der Waals surface area contributed by atoms with Crippen molar-refractivity contribution in [3.05, 3.63) is 88.4 Å². The summed E-state index contributed by atoms with van der Waals surface area (Å²) >= 11 is 6.26. The Kier molecular flexibility index (Phi) is 7.93. The normalized spacial score (nSPS) is 12.7. The van der Waals surface area contributed by atoms with Gasteiger partial charge in [-0.2, -0.15) is 0 Å². The van der Waals surface area contributed by atoms with Crippen molar-refractivity contribution in [2.24, 2.45) is 0 Å². The monoisotopic (exact) mass is 534 g/mol. The van der Waals surface area contributed by atoms with E-state index < -0.39 is 38.4 Å². The Morgan fingerprint density at radius 1 is 0.914 bits per heavy atom. The number of amides is 1. The fraction of sp³-hybridized carbons (Fsp3) is 0.240. The van der Waals surface area contributed by atoms with Crippen LogP contribution in [0.4, 0.5) is 5.69 Å². The van der Waals surface area contributed by atoms with Crippen LogP contribution in [0.3, 0.4) is 0 Å². The number of nitrogens with one attached hydrogen (secondary N) is 1. The number of hydrogen-bond acceptors (Lipinski definition) is 5. The van der Waals surface area contributed by atoms with Crippen LogP contribution in [0.2, 0.25) is 5.02 Å². The number of rotatable bonds is 8. The van der Waals surface area contributed by atoms with Crippen LogP contribution in [0.15, 0.2) is 76.5 Å². The number of hydrogen-bond donors (Lipinski definition) is 1. The number of halogens is 1. The van der Waals surface area contributed by atoms with Gasteiger partial charge in [0.15, 0.2) is 9.84 Å². The molecule has 1 amide bonds. The Balaban J connectivity index is 1.91. The predicted octanol–water partition coefficient (Wildman–Crippen LogP) is 4.43. The maximum Gasteiger partial charge on any atom is 0.264 e. The molecular formula is C25H27ClN2O5S2. The quantitative estimate of drug-likeness (QED) is 0.460. The van der Waals surface area contributed by atoms with Crippen molar-refractivity contribution >= 4 is 43.1 Å². The van der Waals surface area contributed by atoms with E-state index in [1.165, 1.54) is 24.3 Å². The van der Waals surface area contributed by atoms with Crippen molar-refractivity contribution < 1.29 is 21.6 Å². The van der Waals surface area contributed by atoms with E-state index >= 15 is 0 Å². The third-order valence-electron chi connectivity index (χ3n) is 5.59. The van der Waals surface area contributed by atoms with Crippen molar-refractivity contribution in [2.75, 3.05) is 17.1 Å². The summed E-state index contributed by atoms with van der Waals surface area (Å²) in [6.45, 7) is 4.81. The molecule has 0 heterocycles. The van der Waals surface area contributed by atoms with Gasteiger partial charge in [0.05, 0.1) is 21.5 Å². The number of nitrogens with zero attached hydrogens (tertiary/aromatic N) is 1. The zero-order chi connectivity index (χ0) is 26.0. The average Bonchev–Trinajstić information content (AvgIpc) is 2.79. The second-order valence-corrected chi connectivity index (χ2v) is 12.6. The van der Waals surface area contributed by atoms with Gasteiger partial charge in [0.1, 0.15) is 6.54 Å². The molecule has 0 saturated carbocycles. The van der Waals surface area contributed by atoms with Crippen molar-refractivity contribution in [2.45, 2.75) is 36.6 Å². The van der Waals surface area contributed by atoms with Crippen molar-refractivity contribution in [1.29, 1.82) is 0 Å². The fourth-order valence-electron chi connectivity index (χ4n) is 3.51. The lowest BCUT2D eigenvalue weighted by molar-refractivity contribution is -0.120. The topological polar surface area (TPSA) is 101 Å². The van der Waals surface area contributed by atoms with Crippen molar-refractivity contribution in [3.63, 3.8) is 0 Å². The molecule has 0 saturated heterocycles. The molecule has 0 aliphatic carbocycles. The highest BCUT2D eigenvalue weighted by Gasteiger charge is 2.29. The highest BCUT2D eigenvalue weighted by molar-refractivity contribution is 7.93. The van der Waals surface area contributed by atoms with Gasteiger partial charge in [-0.05, 0) is 68.3 Å². The van der Waals surface area contributed by atoms with Gasteiger partial charge >= 0.3 is 0 Å². The molecule has 7 nitrogen and oxygen atoms in total. The number of benzene rings is 3. The first kappa shape index (κ1) is 26.7. The van der Waals surface area contributed by atoms with Crippen LogP contribution in [0, 0.1) is 13.8 Å². The maximum absolute atomic E-state index is 13.6. The van der Waals surface area contributed by atoms with Crippen LogP contribution in [-0.4, -0.2) is 35.5 Å². The summed E-state index contributed by atoms with van der Waals surface area (Å²) in [5.74, 6) is -0.528. The number of anilines is 1. The van der Waals surface area contributed by atoms with Gasteiger partial charge in [-0.1, -0.05) is 47.5 Å². The summed E-state index contributed by atoms with van der Waals surface area (Å²) in [6, 6.07) is 17.0. The Bertz CT molecular complexity index is 1440. The zero-order valence-electron chi connectivity index (χ0n) is 19.8. The van der Waals surface area contributed by atoms with Crippen molar-refractivity contribution in [3.8, 4) is 0 Å². The van der Waals surface area contributed by atoms with Crippen molar-refractivity contribution in [1.82, 2.24) is 5.32 Å². The summed E-state index contributed by atoms with van der Waals surface area (Å²) in [4.78, 5) is 13.2. The molecule has 186 valence electrons. The second-order valence-electron chi connectivity index (χ2n) is 8.34. The van der Waals surface area contributed by atoms with Gasteiger partial charge in [0, 0.05) is 11.3 Å². The third-order valence-corrected chi connectivity index (χ3v) is 8.90. The lowest BCUT2D eigenvalue weighted by Gasteiger charge is -2.27. The molecule has 35 heavy (non-hydrogen) atoms. The maximum atomic E-state index is 13.6. The first-order valence-electron chi connectivity index (χ1n) is 10.7. The molecule has 0 radical (unpaired) electrons. The second kappa shape index (κ2) is 10.4. The van der Waals surface area contributed by atoms with E-state index in [1.807, 2.05) is 6.92 Å². The van der Waals surface area contributed by atoms with E-state index in [2.05, 4.69) is 5.32 Å². The lowest BCUT2D eigenvalue weighted by atomic mass is 10.1. The van der Waals surface area contributed by atoms with Gasteiger partial charge < -0.3 is 5.32 Å². The zero-order valence-corrected chi connectivity index (χ0v) is 22.2. The first-order chi connectivity index (χ1) is 16.3.